The summed E-state index contributed by atoms with van der Waals surface area (Å²) in [6.45, 7) is 5.30. The van der Waals surface area contributed by atoms with Gasteiger partial charge in [0.2, 0.25) is 0 Å². The molecule has 0 bridgehead atoms. The summed E-state index contributed by atoms with van der Waals surface area (Å²) in [4.78, 5) is 0. The van der Waals surface area contributed by atoms with Crippen LogP contribution < -0.4 is 26.7 Å². The summed E-state index contributed by atoms with van der Waals surface area (Å²) in [6.07, 6.45) is 4.84. The third-order valence-corrected chi connectivity index (χ3v) is 4.50. The van der Waals surface area contributed by atoms with Crippen molar-refractivity contribution in [1.29, 1.82) is 0 Å². The van der Waals surface area contributed by atoms with E-state index in [2.05, 4.69) is 37.3 Å². The number of ether oxygens (including phenoxy) is 2. The lowest BCUT2D eigenvalue weighted by atomic mass is 9.97. The normalized spacial score (nSPS) is 10.9. The fraction of sp³-hybridized carbons (Fsp3) is 0.478. The molecule has 0 amide bonds. The summed E-state index contributed by atoms with van der Waals surface area (Å²) in [6, 6.07) is 12.8. The monoisotopic (exact) mass is 385 g/mol. The van der Waals surface area contributed by atoms with Gasteiger partial charge in [0.05, 0.1) is 13.2 Å². The molecule has 5 nitrogen and oxygen atoms in total. The highest BCUT2D eigenvalue weighted by molar-refractivity contribution is 5.68. The van der Waals surface area contributed by atoms with Crippen molar-refractivity contribution in [3.8, 4) is 22.6 Å². The number of unbranched alkanes of at least 4 members (excludes halogenated alkanes) is 1. The molecule has 0 heterocycles. The van der Waals surface area contributed by atoms with Crippen molar-refractivity contribution < 1.29 is 9.47 Å². The van der Waals surface area contributed by atoms with Crippen molar-refractivity contribution in [3.63, 3.8) is 0 Å². The third kappa shape index (κ3) is 7.50. The van der Waals surface area contributed by atoms with Crippen LogP contribution in [-0.2, 0) is 6.42 Å². The number of nitrogens with two attached hydrogens (primary N) is 3. The van der Waals surface area contributed by atoms with Crippen molar-refractivity contribution in [1.82, 2.24) is 0 Å². The van der Waals surface area contributed by atoms with E-state index in [-0.39, 0.29) is 0 Å². The molecular formula is C23H35N3O2. The standard InChI is InChI=1S/C23H35N3O2/c1-18-12-19(6-2-3-7-24)14-20(13-18)21-15-22(27-10-4-8-25)17-23(16-21)28-11-5-9-26/h12-17H,2-11,24-26H2,1H3. The van der Waals surface area contributed by atoms with Crippen LogP contribution >= 0.6 is 0 Å². The number of benzene rings is 2. The number of hydrogen-bond donors (Lipinski definition) is 3. The van der Waals surface area contributed by atoms with Crippen LogP contribution in [0.1, 0.15) is 36.8 Å². The molecule has 0 unspecified atom stereocenters. The molecule has 0 aliphatic heterocycles. The Morgan fingerprint density at radius 2 is 1.21 bits per heavy atom. The fourth-order valence-electron chi connectivity index (χ4n) is 3.10. The molecule has 154 valence electrons. The molecule has 6 N–H and O–H groups in total. The van der Waals surface area contributed by atoms with Gasteiger partial charge >= 0.3 is 0 Å². The molecule has 0 saturated carbocycles. The van der Waals surface area contributed by atoms with Crippen molar-refractivity contribution >= 4 is 0 Å². The smallest absolute Gasteiger partial charge is 0.123 e. The van der Waals surface area contributed by atoms with E-state index < -0.39 is 0 Å². The zero-order valence-electron chi connectivity index (χ0n) is 17.1. The van der Waals surface area contributed by atoms with Crippen LogP contribution in [0.5, 0.6) is 11.5 Å². The molecule has 0 radical (unpaired) electrons. The summed E-state index contributed by atoms with van der Waals surface area (Å²) >= 11 is 0. The molecule has 5 heteroatoms. The van der Waals surface area contributed by atoms with Gasteiger partial charge in [0.25, 0.3) is 0 Å². The van der Waals surface area contributed by atoms with E-state index in [4.69, 9.17) is 26.7 Å². The average molecular weight is 386 g/mol. The number of hydrogen-bond acceptors (Lipinski definition) is 5. The average Bonchev–Trinajstić information content (AvgIpc) is 2.68. The SMILES string of the molecule is Cc1cc(CCCCN)cc(-c2cc(OCCCN)cc(OCCCN)c2)c1. The molecule has 0 aromatic heterocycles. The largest absolute Gasteiger partial charge is 0.493 e. The molecule has 0 fully saturated rings. The lowest BCUT2D eigenvalue weighted by molar-refractivity contribution is 0.298. The fourth-order valence-corrected chi connectivity index (χ4v) is 3.10. The Labute approximate surface area is 169 Å². The molecule has 2 aromatic carbocycles. The van der Waals surface area contributed by atoms with Crippen LogP contribution in [0.2, 0.25) is 0 Å². The first kappa shape index (κ1) is 22.2. The molecule has 2 rings (SSSR count). The highest BCUT2D eigenvalue weighted by Crippen LogP contribution is 2.31. The molecule has 0 spiro atoms. The van der Waals surface area contributed by atoms with Gasteiger partial charge in [-0.1, -0.05) is 23.8 Å². The van der Waals surface area contributed by atoms with E-state index in [1.54, 1.807) is 0 Å². The van der Waals surface area contributed by atoms with Gasteiger partial charge < -0.3 is 26.7 Å². The van der Waals surface area contributed by atoms with E-state index in [1.165, 1.54) is 16.7 Å². The quantitative estimate of drug-likeness (QED) is 0.459. The predicted molar refractivity (Wildman–Crippen MR) is 117 cm³/mol. The van der Waals surface area contributed by atoms with Crippen molar-refractivity contribution in [2.24, 2.45) is 17.2 Å². The van der Waals surface area contributed by atoms with Crippen LogP contribution in [0.4, 0.5) is 0 Å². The number of rotatable bonds is 13. The maximum absolute atomic E-state index is 5.90. The highest BCUT2D eigenvalue weighted by atomic mass is 16.5. The minimum atomic E-state index is 0.598. The lowest BCUT2D eigenvalue weighted by Crippen LogP contribution is -2.07. The topological polar surface area (TPSA) is 96.5 Å². The Balaban J connectivity index is 2.27. The summed E-state index contributed by atoms with van der Waals surface area (Å²) in [5, 5.41) is 0. The zero-order valence-corrected chi connectivity index (χ0v) is 17.1. The summed E-state index contributed by atoms with van der Waals surface area (Å²) in [5.41, 5.74) is 21.7. The Hall–Kier alpha value is -2.08. The van der Waals surface area contributed by atoms with E-state index in [1.807, 2.05) is 6.07 Å². The minimum absolute atomic E-state index is 0.598. The zero-order chi connectivity index (χ0) is 20.2. The van der Waals surface area contributed by atoms with Crippen molar-refractivity contribution in [2.45, 2.75) is 39.0 Å². The second-order valence-electron chi connectivity index (χ2n) is 7.13. The molecule has 0 atom stereocenters. The second kappa shape index (κ2) is 12.4. The summed E-state index contributed by atoms with van der Waals surface area (Å²) in [7, 11) is 0. The molecule has 0 aliphatic carbocycles. The Morgan fingerprint density at radius 3 is 1.79 bits per heavy atom. The Bertz CT molecular complexity index is 691. The van der Waals surface area contributed by atoms with Crippen LogP contribution in [0.3, 0.4) is 0 Å². The molecule has 28 heavy (non-hydrogen) atoms. The van der Waals surface area contributed by atoms with Crippen LogP contribution in [0.15, 0.2) is 36.4 Å². The van der Waals surface area contributed by atoms with Gasteiger partial charge in [-0.25, -0.2) is 0 Å². The van der Waals surface area contributed by atoms with Gasteiger partial charge in [-0.3, -0.25) is 0 Å². The Kier molecular flexibility index (Phi) is 9.83. The van der Waals surface area contributed by atoms with Gasteiger partial charge in [0, 0.05) is 6.07 Å². The second-order valence-corrected chi connectivity index (χ2v) is 7.13. The van der Waals surface area contributed by atoms with E-state index in [0.717, 1.165) is 55.7 Å². The van der Waals surface area contributed by atoms with E-state index in [0.29, 0.717) is 26.3 Å². The van der Waals surface area contributed by atoms with Crippen molar-refractivity contribution in [2.75, 3.05) is 32.8 Å². The van der Waals surface area contributed by atoms with Crippen LogP contribution in [-0.4, -0.2) is 32.8 Å². The Morgan fingerprint density at radius 1 is 0.643 bits per heavy atom. The molecular weight excluding hydrogens is 350 g/mol. The summed E-state index contributed by atoms with van der Waals surface area (Å²) < 4.78 is 11.8. The van der Waals surface area contributed by atoms with Gasteiger partial charge in [0.15, 0.2) is 0 Å². The van der Waals surface area contributed by atoms with Crippen LogP contribution in [0.25, 0.3) is 11.1 Å². The molecule has 0 aliphatic rings. The maximum atomic E-state index is 5.90. The minimum Gasteiger partial charge on any atom is -0.493 e. The predicted octanol–water partition coefficient (Wildman–Crippen LogP) is 3.40. The van der Waals surface area contributed by atoms with E-state index in [9.17, 15) is 0 Å². The van der Waals surface area contributed by atoms with Gasteiger partial charge in [-0.2, -0.15) is 0 Å². The first-order valence-corrected chi connectivity index (χ1v) is 10.3. The van der Waals surface area contributed by atoms with Crippen molar-refractivity contribution in [3.05, 3.63) is 47.5 Å². The lowest BCUT2D eigenvalue weighted by Gasteiger charge is -2.14. The highest BCUT2D eigenvalue weighted by Gasteiger charge is 2.08. The molecule has 0 saturated heterocycles. The first-order valence-electron chi connectivity index (χ1n) is 10.3. The van der Waals surface area contributed by atoms with Gasteiger partial charge in [-0.15, -0.1) is 0 Å². The third-order valence-electron chi connectivity index (χ3n) is 4.50. The van der Waals surface area contributed by atoms with E-state index >= 15 is 0 Å². The first-order chi connectivity index (χ1) is 13.7. The number of aryl methyl sites for hydroxylation is 2. The van der Waals surface area contributed by atoms with Crippen LogP contribution in [0, 0.1) is 6.92 Å². The van der Waals surface area contributed by atoms with Gasteiger partial charge in [-0.05, 0) is 87.5 Å². The van der Waals surface area contributed by atoms with Gasteiger partial charge in [0.1, 0.15) is 11.5 Å². The molecule has 2 aromatic rings. The summed E-state index contributed by atoms with van der Waals surface area (Å²) in [5.74, 6) is 1.61. The maximum Gasteiger partial charge on any atom is 0.123 e.